The minimum atomic E-state index is -1.23. The number of hydrogen-bond acceptors (Lipinski definition) is 12. The van der Waals surface area contributed by atoms with Gasteiger partial charge in [0.2, 0.25) is 0 Å². The van der Waals surface area contributed by atoms with Crippen LogP contribution in [0.1, 0.15) is 86.3 Å². The van der Waals surface area contributed by atoms with E-state index in [0.29, 0.717) is 61.1 Å². The molecule has 1 saturated carbocycles. The smallest absolute Gasteiger partial charge is 0.410 e. The fourth-order valence-electron chi connectivity index (χ4n) is 8.37. The van der Waals surface area contributed by atoms with Crippen molar-refractivity contribution >= 4 is 46.6 Å². The number of benzene rings is 2. The second kappa shape index (κ2) is 20.5. The predicted octanol–water partition coefficient (Wildman–Crippen LogP) is 8.68. The van der Waals surface area contributed by atoms with Crippen LogP contribution in [-0.2, 0) is 30.2 Å². The molecule has 2 aromatic carbocycles. The molecule has 4 aromatic rings. The van der Waals surface area contributed by atoms with Crippen molar-refractivity contribution in [3.05, 3.63) is 77.5 Å². The molecule has 1 aliphatic heterocycles. The van der Waals surface area contributed by atoms with Gasteiger partial charge in [0.15, 0.2) is 17.4 Å². The Balaban J connectivity index is 1.20. The zero-order valence-corrected chi connectivity index (χ0v) is 39.5. The standard InChI is InChI=1S/C47H63ClFN7O9/c1-45(2,3)64-43(59)53-35(42(57)58)19-22-54(27-30-26-36(39-38(30)62-47(7,8)63-39)56-24-18-33-40(50-9)51-28-52-41(33)56)20-10-21-55(44(60)65-46(4,5)6)23-17-29-11-16-37(34(49)25-29)61-32-14-12-31(48)13-15-32/h11-16,18,24-25,28,30,35-36,38-39H,10,17,19-23,26-27H2,1-9H3,(H,53,59)(H,57,58)(H,50,51,52)/t30-,35+,36-,38-,39+/m1/s1. The molecule has 2 fully saturated rings. The van der Waals surface area contributed by atoms with E-state index >= 15 is 4.39 Å². The lowest BCUT2D eigenvalue weighted by Gasteiger charge is -2.31. The van der Waals surface area contributed by atoms with Gasteiger partial charge in [0.05, 0.1) is 17.5 Å². The number of carboxylic acids is 1. The summed E-state index contributed by atoms with van der Waals surface area (Å²) in [6.07, 6.45) is 3.18. The van der Waals surface area contributed by atoms with Crippen molar-refractivity contribution in [3.63, 3.8) is 0 Å². The molecule has 2 aliphatic rings. The highest BCUT2D eigenvalue weighted by Gasteiger charge is 2.55. The molecule has 16 nitrogen and oxygen atoms in total. The number of alkyl carbamates (subject to hydrolysis) is 1. The topological polar surface area (TPSA) is 179 Å². The van der Waals surface area contributed by atoms with Gasteiger partial charge in [-0.05, 0) is 136 Å². The van der Waals surface area contributed by atoms with Crippen molar-refractivity contribution in [2.24, 2.45) is 5.92 Å². The summed E-state index contributed by atoms with van der Waals surface area (Å²) in [4.78, 5) is 51.6. The summed E-state index contributed by atoms with van der Waals surface area (Å²) < 4.78 is 47.5. The minimum Gasteiger partial charge on any atom is -0.480 e. The maximum atomic E-state index is 15.3. The number of nitrogens with one attached hydrogen (secondary N) is 2. The number of carboxylic acid groups (broad SMARTS) is 1. The highest BCUT2D eigenvalue weighted by atomic mass is 35.5. The lowest BCUT2D eigenvalue weighted by Crippen LogP contribution is -2.46. The van der Waals surface area contributed by atoms with E-state index in [-0.39, 0.29) is 49.4 Å². The van der Waals surface area contributed by atoms with Crippen molar-refractivity contribution in [2.45, 2.75) is 122 Å². The van der Waals surface area contributed by atoms with E-state index in [1.807, 2.05) is 33.2 Å². The number of anilines is 1. The molecule has 0 spiro atoms. The van der Waals surface area contributed by atoms with E-state index in [2.05, 4.69) is 30.1 Å². The maximum absolute atomic E-state index is 15.3. The second-order valence-electron chi connectivity index (χ2n) is 19.1. The summed E-state index contributed by atoms with van der Waals surface area (Å²) in [7, 11) is 1.82. The first-order chi connectivity index (χ1) is 30.6. The monoisotopic (exact) mass is 923 g/mol. The van der Waals surface area contributed by atoms with Crippen LogP contribution in [-0.4, -0.2) is 123 Å². The van der Waals surface area contributed by atoms with E-state index in [1.54, 1.807) is 82.8 Å². The Morgan fingerprint density at radius 1 is 0.969 bits per heavy atom. The fraction of sp³-hybridized carbons (Fsp3) is 0.553. The second-order valence-corrected chi connectivity index (χ2v) is 19.5. The van der Waals surface area contributed by atoms with Gasteiger partial charge in [0, 0.05) is 50.4 Å². The molecule has 65 heavy (non-hydrogen) atoms. The molecule has 354 valence electrons. The van der Waals surface area contributed by atoms with Gasteiger partial charge in [-0.2, -0.15) is 0 Å². The lowest BCUT2D eigenvalue weighted by atomic mass is 10.0. The maximum Gasteiger partial charge on any atom is 0.410 e. The third-order valence-electron chi connectivity index (χ3n) is 11.1. The summed E-state index contributed by atoms with van der Waals surface area (Å²) >= 11 is 5.98. The number of nitrogens with zero attached hydrogens (tertiary/aromatic N) is 5. The Bertz CT molecular complexity index is 2280. The van der Waals surface area contributed by atoms with Crippen LogP contribution in [0.15, 0.2) is 61.1 Å². The molecule has 3 heterocycles. The largest absolute Gasteiger partial charge is 0.480 e. The molecule has 18 heteroatoms. The number of halogens is 2. The SMILES string of the molecule is CNc1ncnc2c1ccn2[C@@H]1C[C@H](CN(CCCN(CCc2ccc(Oc3ccc(Cl)cc3)c(F)c2)C(=O)OC(C)(C)C)CC[C@H](NC(=O)OC(C)(C)C)C(=O)O)[C@H]2OC(C)(C)O[C@H]21. The highest BCUT2D eigenvalue weighted by molar-refractivity contribution is 6.30. The first-order valence-corrected chi connectivity index (χ1v) is 22.4. The number of aromatic nitrogens is 3. The average molecular weight is 925 g/mol. The van der Waals surface area contributed by atoms with Crippen LogP contribution < -0.4 is 15.4 Å². The molecule has 1 saturated heterocycles. The van der Waals surface area contributed by atoms with Crippen LogP contribution in [0, 0.1) is 11.7 Å². The Morgan fingerprint density at radius 2 is 1.68 bits per heavy atom. The molecule has 0 radical (unpaired) electrons. The van der Waals surface area contributed by atoms with Crippen molar-refractivity contribution in [3.8, 4) is 11.5 Å². The molecule has 1 aliphatic carbocycles. The van der Waals surface area contributed by atoms with Crippen molar-refractivity contribution < 1.29 is 47.6 Å². The third-order valence-corrected chi connectivity index (χ3v) is 11.4. The van der Waals surface area contributed by atoms with Gasteiger partial charge in [0.25, 0.3) is 0 Å². The van der Waals surface area contributed by atoms with E-state index in [4.69, 9.17) is 35.3 Å². The Hall–Kier alpha value is -5.23. The number of ether oxygens (including phenoxy) is 5. The number of carbonyl (C=O) groups excluding carboxylic acids is 2. The molecule has 2 aromatic heterocycles. The number of hydrogen-bond donors (Lipinski definition) is 3. The fourth-order valence-corrected chi connectivity index (χ4v) is 8.50. The van der Waals surface area contributed by atoms with Crippen molar-refractivity contribution in [1.82, 2.24) is 29.7 Å². The van der Waals surface area contributed by atoms with Crippen LogP contribution in [0.25, 0.3) is 11.0 Å². The summed E-state index contributed by atoms with van der Waals surface area (Å²) in [5.74, 6) is -1.42. The minimum absolute atomic E-state index is 0.0552. The van der Waals surface area contributed by atoms with Gasteiger partial charge in [-0.3, -0.25) is 0 Å². The summed E-state index contributed by atoms with van der Waals surface area (Å²) in [6, 6.07) is 12.0. The molecule has 2 amide bonds. The third kappa shape index (κ3) is 13.4. The van der Waals surface area contributed by atoms with Crippen LogP contribution in [0.3, 0.4) is 0 Å². The van der Waals surface area contributed by atoms with Crippen molar-refractivity contribution in [2.75, 3.05) is 45.1 Å². The van der Waals surface area contributed by atoms with Gasteiger partial charge in [-0.1, -0.05) is 17.7 Å². The van der Waals surface area contributed by atoms with E-state index in [9.17, 15) is 19.5 Å². The Labute approximate surface area is 385 Å². The van der Waals surface area contributed by atoms with Crippen LogP contribution in [0.2, 0.25) is 5.02 Å². The van der Waals surface area contributed by atoms with Gasteiger partial charge in [-0.15, -0.1) is 0 Å². The molecule has 6 rings (SSSR count). The molecule has 5 atom stereocenters. The predicted molar refractivity (Wildman–Crippen MR) is 244 cm³/mol. The summed E-state index contributed by atoms with van der Waals surface area (Å²) in [5.41, 5.74) is -0.153. The molecular weight excluding hydrogens is 861 g/mol. The molecule has 0 bridgehead atoms. The van der Waals surface area contributed by atoms with E-state index < -0.39 is 47.0 Å². The van der Waals surface area contributed by atoms with E-state index in [0.717, 1.165) is 11.0 Å². The molecular formula is C47H63ClFN7O9. The lowest BCUT2D eigenvalue weighted by molar-refractivity contribution is -0.161. The van der Waals surface area contributed by atoms with Gasteiger partial charge in [0.1, 0.15) is 46.9 Å². The van der Waals surface area contributed by atoms with Crippen LogP contribution in [0.4, 0.5) is 19.8 Å². The van der Waals surface area contributed by atoms with Gasteiger partial charge >= 0.3 is 18.2 Å². The van der Waals surface area contributed by atoms with Crippen LogP contribution >= 0.6 is 11.6 Å². The normalized spacial score (nSPS) is 19.8. The quantitative estimate of drug-likeness (QED) is 0.0864. The summed E-state index contributed by atoms with van der Waals surface area (Å²) in [5, 5.41) is 17.3. The first-order valence-electron chi connectivity index (χ1n) is 22.1. The zero-order valence-electron chi connectivity index (χ0n) is 38.7. The number of aliphatic carboxylic acids is 1. The zero-order chi connectivity index (χ0) is 47.3. The summed E-state index contributed by atoms with van der Waals surface area (Å²) in [6.45, 7) is 16.1. The molecule has 3 N–H and O–H groups in total. The number of fused-ring (bicyclic) bond motifs is 2. The van der Waals surface area contributed by atoms with Crippen LogP contribution in [0.5, 0.6) is 11.5 Å². The van der Waals surface area contributed by atoms with Gasteiger partial charge < -0.3 is 53.8 Å². The number of amides is 2. The number of rotatable bonds is 18. The van der Waals surface area contributed by atoms with Gasteiger partial charge in [-0.25, -0.2) is 28.7 Å². The highest BCUT2D eigenvalue weighted by Crippen LogP contribution is 2.48. The Morgan fingerprint density at radius 3 is 2.34 bits per heavy atom. The average Bonchev–Trinajstić information content (AvgIpc) is 3.88. The molecule has 0 unspecified atom stereocenters. The Kier molecular flexibility index (Phi) is 15.5. The number of carbonyl (C=O) groups is 3. The van der Waals surface area contributed by atoms with E-state index in [1.165, 1.54) is 12.4 Å². The first kappa shape index (κ1) is 49.2. The van der Waals surface area contributed by atoms with Crippen molar-refractivity contribution in [1.29, 1.82) is 0 Å².